The van der Waals surface area contributed by atoms with Crippen molar-refractivity contribution in [3.8, 4) is 0 Å². The van der Waals surface area contributed by atoms with E-state index in [9.17, 15) is 4.79 Å². The van der Waals surface area contributed by atoms with Crippen LogP contribution in [0.2, 0.25) is 0 Å². The Balaban J connectivity index is 0.000000136. The second kappa shape index (κ2) is 7.02. The van der Waals surface area contributed by atoms with Gasteiger partial charge in [0.25, 0.3) is 0 Å². The van der Waals surface area contributed by atoms with Gasteiger partial charge in [-0.3, -0.25) is 4.79 Å². The monoisotopic (exact) mass is 358 g/mol. The Hall–Kier alpha value is -3.11. The van der Waals surface area contributed by atoms with Crippen molar-refractivity contribution in [3.63, 3.8) is 0 Å². The van der Waals surface area contributed by atoms with Gasteiger partial charge in [0.05, 0.1) is 10.2 Å². The van der Waals surface area contributed by atoms with E-state index in [-0.39, 0.29) is 4.87 Å². The van der Waals surface area contributed by atoms with Crippen LogP contribution in [0.1, 0.15) is 11.1 Å². The minimum absolute atomic E-state index is 0.103. The Morgan fingerprint density at radius 1 is 0.769 bits per heavy atom. The quantitative estimate of drug-likeness (QED) is 0.396. The minimum atomic E-state index is 0.103. The molecule has 3 nitrogen and oxygen atoms in total. The van der Waals surface area contributed by atoms with Crippen LogP contribution in [-0.2, 0) is 7.05 Å². The van der Waals surface area contributed by atoms with Crippen molar-refractivity contribution < 1.29 is 0 Å². The van der Waals surface area contributed by atoms with Crippen LogP contribution in [0.3, 0.4) is 0 Å². The average Bonchev–Trinajstić information content (AvgIpc) is 2.86. The molecule has 1 N–H and O–H groups in total. The molecule has 0 saturated heterocycles. The molecule has 4 aromatic rings. The van der Waals surface area contributed by atoms with Crippen molar-refractivity contribution >= 4 is 45.1 Å². The summed E-state index contributed by atoms with van der Waals surface area (Å²) in [6, 6.07) is 24.4. The first-order chi connectivity index (χ1) is 12.7. The van der Waals surface area contributed by atoms with E-state index in [1.54, 1.807) is 11.6 Å². The van der Waals surface area contributed by atoms with Crippen LogP contribution in [0, 0.1) is 0 Å². The molecular weight excluding hydrogens is 340 g/mol. The lowest BCUT2D eigenvalue weighted by Gasteiger charge is -2.08. The van der Waals surface area contributed by atoms with E-state index in [1.165, 1.54) is 33.8 Å². The minimum Gasteiger partial charge on any atom is -0.355 e. The number of thiazole rings is 1. The van der Waals surface area contributed by atoms with Crippen LogP contribution in [-0.4, -0.2) is 4.57 Å². The van der Waals surface area contributed by atoms with E-state index in [0.717, 1.165) is 10.2 Å². The van der Waals surface area contributed by atoms with Gasteiger partial charge in [0.2, 0.25) is 0 Å². The lowest BCUT2D eigenvalue weighted by Crippen LogP contribution is -2.06. The van der Waals surface area contributed by atoms with Crippen LogP contribution < -0.4 is 10.2 Å². The summed E-state index contributed by atoms with van der Waals surface area (Å²) >= 11 is 1.29. The van der Waals surface area contributed by atoms with Gasteiger partial charge in [0.15, 0.2) is 0 Å². The molecule has 0 amide bonds. The van der Waals surface area contributed by atoms with Crippen LogP contribution in [0.15, 0.2) is 77.6 Å². The SMILES string of the molecule is C1=Cc2ccccc2Nc2ccccc21.Cn1c(=O)sc2ccccc21. The van der Waals surface area contributed by atoms with Crippen molar-refractivity contribution in [1.82, 2.24) is 4.57 Å². The van der Waals surface area contributed by atoms with E-state index in [0.29, 0.717) is 0 Å². The van der Waals surface area contributed by atoms with Gasteiger partial charge in [-0.1, -0.05) is 72.0 Å². The summed E-state index contributed by atoms with van der Waals surface area (Å²) in [6.07, 6.45) is 4.29. The number of nitrogens with one attached hydrogen (secondary N) is 1. The standard InChI is InChI=1S/C14H11N.C8H7NOS/c1-3-7-13-11(5-1)9-10-12-6-2-4-8-14(12)15-13;1-9-6-4-2-3-5-7(6)11-8(9)10/h1-10,15H;2-5H,1H3. The van der Waals surface area contributed by atoms with Crippen molar-refractivity contribution in [3.05, 3.63) is 93.6 Å². The number of anilines is 2. The molecule has 1 aromatic heterocycles. The Labute approximate surface area is 155 Å². The molecule has 0 radical (unpaired) electrons. The number of hydrogen-bond acceptors (Lipinski definition) is 3. The first kappa shape index (κ1) is 16.4. The van der Waals surface area contributed by atoms with E-state index in [1.807, 2.05) is 36.4 Å². The Morgan fingerprint density at radius 3 is 1.92 bits per heavy atom. The Kier molecular flexibility index (Phi) is 4.42. The third-order valence-corrected chi connectivity index (χ3v) is 5.34. The highest BCUT2D eigenvalue weighted by atomic mass is 32.1. The molecule has 0 saturated carbocycles. The van der Waals surface area contributed by atoms with Crippen molar-refractivity contribution in [2.45, 2.75) is 0 Å². The van der Waals surface area contributed by atoms with E-state index in [4.69, 9.17) is 0 Å². The van der Waals surface area contributed by atoms with Crippen molar-refractivity contribution in [2.75, 3.05) is 5.32 Å². The number of benzene rings is 3. The molecule has 0 unspecified atom stereocenters. The molecule has 0 bridgehead atoms. The maximum Gasteiger partial charge on any atom is 0.307 e. The Morgan fingerprint density at radius 2 is 1.31 bits per heavy atom. The predicted octanol–water partition coefficient (Wildman–Crippen LogP) is 5.51. The van der Waals surface area contributed by atoms with Gasteiger partial charge < -0.3 is 9.88 Å². The summed E-state index contributed by atoms with van der Waals surface area (Å²) in [7, 11) is 1.79. The zero-order valence-electron chi connectivity index (χ0n) is 14.3. The van der Waals surface area contributed by atoms with Gasteiger partial charge in [-0.15, -0.1) is 0 Å². The number of aromatic nitrogens is 1. The molecule has 0 fully saturated rings. The fraction of sp³-hybridized carbons (Fsp3) is 0.0455. The fourth-order valence-electron chi connectivity index (χ4n) is 2.92. The Bertz CT molecular complexity index is 1110. The molecule has 0 spiro atoms. The summed E-state index contributed by atoms with van der Waals surface area (Å²) in [5.41, 5.74) is 5.81. The first-order valence-electron chi connectivity index (χ1n) is 8.40. The smallest absolute Gasteiger partial charge is 0.307 e. The van der Waals surface area contributed by atoms with E-state index >= 15 is 0 Å². The highest BCUT2D eigenvalue weighted by Crippen LogP contribution is 2.29. The molecule has 128 valence electrons. The normalized spacial score (nSPS) is 11.6. The third kappa shape index (κ3) is 3.19. The van der Waals surface area contributed by atoms with Crippen LogP contribution in [0.25, 0.3) is 22.4 Å². The summed E-state index contributed by atoms with van der Waals surface area (Å²) in [5.74, 6) is 0. The van der Waals surface area contributed by atoms with Crippen LogP contribution in [0.5, 0.6) is 0 Å². The molecule has 2 heterocycles. The third-order valence-electron chi connectivity index (χ3n) is 4.33. The number of rotatable bonds is 0. The van der Waals surface area contributed by atoms with E-state index in [2.05, 4.69) is 53.9 Å². The molecule has 0 aliphatic carbocycles. The average molecular weight is 358 g/mol. The van der Waals surface area contributed by atoms with Crippen LogP contribution in [0.4, 0.5) is 11.4 Å². The van der Waals surface area contributed by atoms with Gasteiger partial charge in [-0.25, -0.2) is 0 Å². The number of para-hydroxylation sites is 3. The van der Waals surface area contributed by atoms with E-state index < -0.39 is 0 Å². The fourth-order valence-corrected chi connectivity index (χ4v) is 3.80. The zero-order valence-corrected chi connectivity index (χ0v) is 15.2. The number of aryl methyl sites for hydroxylation is 1. The second-order valence-corrected chi connectivity index (χ2v) is 7.02. The maximum atomic E-state index is 11.1. The van der Waals surface area contributed by atoms with Gasteiger partial charge in [-0.2, -0.15) is 0 Å². The second-order valence-electron chi connectivity index (χ2n) is 6.03. The van der Waals surface area contributed by atoms with Gasteiger partial charge in [0.1, 0.15) is 0 Å². The van der Waals surface area contributed by atoms with Gasteiger partial charge in [0, 0.05) is 18.4 Å². The highest BCUT2D eigenvalue weighted by molar-refractivity contribution is 7.16. The largest absolute Gasteiger partial charge is 0.355 e. The topological polar surface area (TPSA) is 34.0 Å². The van der Waals surface area contributed by atoms with Crippen LogP contribution >= 0.6 is 11.3 Å². The number of nitrogens with zero attached hydrogens (tertiary/aromatic N) is 1. The first-order valence-corrected chi connectivity index (χ1v) is 9.22. The summed E-state index contributed by atoms with van der Waals surface area (Å²) in [6.45, 7) is 0. The summed E-state index contributed by atoms with van der Waals surface area (Å²) in [4.78, 5) is 11.2. The maximum absolute atomic E-state index is 11.1. The molecule has 0 atom stereocenters. The molecule has 1 aliphatic heterocycles. The number of hydrogen-bond donors (Lipinski definition) is 1. The lowest BCUT2D eigenvalue weighted by molar-refractivity contribution is 0.939. The molecular formula is C22H18N2OS. The summed E-state index contributed by atoms with van der Waals surface area (Å²) < 4.78 is 2.72. The molecule has 1 aliphatic rings. The molecule has 26 heavy (non-hydrogen) atoms. The molecule has 3 aromatic carbocycles. The molecule has 5 rings (SSSR count). The molecule has 4 heteroatoms. The highest BCUT2D eigenvalue weighted by Gasteiger charge is 2.06. The van der Waals surface area contributed by atoms with Gasteiger partial charge in [-0.05, 0) is 35.4 Å². The number of fused-ring (bicyclic) bond motifs is 3. The van der Waals surface area contributed by atoms with Gasteiger partial charge >= 0.3 is 4.87 Å². The zero-order chi connectivity index (χ0) is 17.9. The predicted molar refractivity (Wildman–Crippen MR) is 112 cm³/mol. The van der Waals surface area contributed by atoms with Crippen molar-refractivity contribution in [1.29, 1.82) is 0 Å². The van der Waals surface area contributed by atoms with Crippen molar-refractivity contribution in [2.24, 2.45) is 7.05 Å². The lowest BCUT2D eigenvalue weighted by atomic mass is 10.1. The summed E-state index contributed by atoms with van der Waals surface area (Å²) in [5, 5.41) is 3.44.